The van der Waals surface area contributed by atoms with Gasteiger partial charge < -0.3 is 36.5 Å². The Hall–Kier alpha value is -3.02. The average Bonchev–Trinajstić information content (AvgIpc) is 2.93. The van der Waals surface area contributed by atoms with E-state index in [-0.39, 0.29) is 5.91 Å². The van der Waals surface area contributed by atoms with E-state index < -0.39 is 0 Å². The molecular weight excluding hydrogens is 496 g/mol. The fraction of sp³-hybridized carbons (Fsp3) is 0.643. The molecule has 0 atom stereocenters. The summed E-state index contributed by atoms with van der Waals surface area (Å²) in [6.45, 7) is 3.82. The van der Waals surface area contributed by atoms with Crippen molar-refractivity contribution in [2.75, 3.05) is 62.0 Å². The minimum absolute atomic E-state index is 0.0449. The first-order chi connectivity index (χ1) is 19.2. The van der Waals surface area contributed by atoms with E-state index in [1.165, 1.54) is 38.5 Å². The Morgan fingerprint density at radius 1 is 0.846 bits per heavy atom. The van der Waals surface area contributed by atoms with Crippen LogP contribution in [0.15, 0.2) is 24.3 Å². The number of nitrogens with two attached hydrogens (primary N) is 1. The maximum absolute atomic E-state index is 12.3. The van der Waals surface area contributed by atoms with Crippen LogP contribution >= 0.6 is 0 Å². The number of rotatable bonds is 17. The number of nitrogens with zero attached hydrogens (tertiary/aromatic N) is 3. The van der Waals surface area contributed by atoms with Crippen molar-refractivity contribution in [3.8, 4) is 0 Å². The second-order valence-corrected chi connectivity index (χ2v) is 10.3. The van der Waals surface area contributed by atoms with E-state index in [1.54, 1.807) is 0 Å². The molecule has 214 valence electrons. The number of aromatic nitrogens is 3. The smallest absolute Gasteiger partial charge is 0.233 e. The van der Waals surface area contributed by atoms with Crippen molar-refractivity contribution >= 4 is 29.4 Å². The first-order valence-electron chi connectivity index (χ1n) is 14.4. The van der Waals surface area contributed by atoms with Gasteiger partial charge in [0, 0.05) is 31.4 Å². The van der Waals surface area contributed by atoms with Crippen molar-refractivity contribution in [1.29, 1.82) is 0 Å². The molecule has 2 fully saturated rings. The Labute approximate surface area is 231 Å². The predicted molar refractivity (Wildman–Crippen MR) is 153 cm³/mol. The van der Waals surface area contributed by atoms with E-state index in [2.05, 4.69) is 36.2 Å². The van der Waals surface area contributed by atoms with Gasteiger partial charge in [0.1, 0.15) is 0 Å². The zero-order valence-corrected chi connectivity index (χ0v) is 22.9. The van der Waals surface area contributed by atoms with Gasteiger partial charge >= 0.3 is 0 Å². The van der Waals surface area contributed by atoms with Gasteiger partial charge in [-0.1, -0.05) is 31.4 Å². The highest BCUT2D eigenvalue weighted by molar-refractivity contribution is 5.78. The van der Waals surface area contributed by atoms with E-state index in [0.717, 1.165) is 30.6 Å². The minimum Gasteiger partial charge on any atom is -0.378 e. The van der Waals surface area contributed by atoms with Crippen molar-refractivity contribution < 1.29 is 14.3 Å². The van der Waals surface area contributed by atoms with E-state index in [1.807, 2.05) is 24.3 Å². The summed E-state index contributed by atoms with van der Waals surface area (Å²) >= 11 is 0. The molecule has 1 aromatic heterocycles. The van der Waals surface area contributed by atoms with Crippen LogP contribution < -0.4 is 27.0 Å². The van der Waals surface area contributed by atoms with Crippen molar-refractivity contribution in [2.45, 2.75) is 63.8 Å². The molecule has 4 rings (SSSR count). The summed E-state index contributed by atoms with van der Waals surface area (Å²) in [6.07, 6.45) is 10.3. The van der Waals surface area contributed by atoms with Crippen LogP contribution in [0.1, 0.15) is 56.9 Å². The average molecular weight is 541 g/mol. The first kappa shape index (κ1) is 29.0. The second kappa shape index (κ2) is 16.2. The molecule has 2 aliphatic carbocycles. The molecule has 2 aromatic rings. The van der Waals surface area contributed by atoms with Crippen LogP contribution in [-0.4, -0.2) is 73.0 Å². The summed E-state index contributed by atoms with van der Waals surface area (Å²) < 4.78 is 10.7. The van der Waals surface area contributed by atoms with Crippen LogP contribution in [-0.2, 0) is 20.7 Å². The Kier molecular flexibility index (Phi) is 12.0. The lowest BCUT2D eigenvalue weighted by Crippen LogP contribution is -2.29. The molecular formula is C28H44N8O3. The largest absolute Gasteiger partial charge is 0.378 e. The Bertz CT molecular complexity index is 997. The van der Waals surface area contributed by atoms with Crippen LogP contribution in [0.3, 0.4) is 0 Å². The lowest BCUT2D eigenvalue weighted by molar-refractivity contribution is -0.120. The summed E-state index contributed by atoms with van der Waals surface area (Å²) in [4.78, 5) is 26.1. The van der Waals surface area contributed by atoms with Crippen LogP contribution in [0.5, 0.6) is 0 Å². The number of benzene rings is 1. The standard InChI is InChI=1S/C28H44N8O3/c29-13-15-38-17-18-39-16-14-30-25(37)19-21-9-11-24(12-10-21)33-28-35-26(31-20-22-5-2-1-3-6-22)34-27(36-28)32-23-7-4-8-23/h9-12,22-23H,1-8,13-20,29H2,(H,30,37)(H3,31,32,33,34,35,36). The van der Waals surface area contributed by atoms with Gasteiger partial charge in [-0.3, -0.25) is 4.79 Å². The van der Waals surface area contributed by atoms with Crippen molar-refractivity contribution in [3.05, 3.63) is 29.8 Å². The molecule has 6 N–H and O–H groups in total. The first-order valence-corrected chi connectivity index (χ1v) is 14.4. The molecule has 1 aromatic carbocycles. The number of carbonyl (C=O) groups is 1. The number of nitrogens with one attached hydrogen (secondary N) is 4. The van der Waals surface area contributed by atoms with Crippen LogP contribution in [0.25, 0.3) is 0 Å². The number of carbonyl (C=O) groups excluding carboxylic acids is 1. The Morgan fingerprint density at radius 2 is 1.56 bits per heavy atom. The minimum atomic E-state index is -0.0449. The van der Waals surface area contributed by atoms with Gasteiger partial charge in [-0.25, -0.2) is 0 Å². The quantitative estimate of drug-likeness (QED) is 0.189. The van der Waals surface area contributed by atoms with Gasteiger partial charge in [0.2, 0.25) is 23.8 Å². The molecule has 11 heteroatoms. The summed E-state index contributed by atoms with van der Waals surface area (Å²) in [7, 11) is 0. The van der Waals surface area contributed by atoms with Crippen molar-refractivity contribution in [2.24, 2.45) is 11.7 Å². The highest BCUT2D eigenvalue weighted by Crippen LogP contribution is 2.25. The molecule has 1 heterocycles. The fourth-order valence-corrected chi connectivity index (χ4v) is 4.69. The van der Waals surface area contributed by atoms with E-state index in [9.17, 15) is 4.79 Å². The van der Waals surface area contributed by atoms with Gasteiger partial charge in [-0.05, 0) is 55.7 Å². The summed E-state index contributed by atoms with van der Waals surface area (Å²) in [5.74, 6) is 2.32. The van der Waals surface area contributed by atoms with Gasteiger partial charge in [0.25, 0.3) is 0 Å². The highest BCUT2D eigenvalue weighted by atomic mass is 16.5. The van der Waals surface area contributed by atoms with Crippen LogP contribution in [0.4, 0.5) is 23.5 Å². The normalized spacial score (nSPS) is 15.9. The van der Waals surface area contributed by atoms with E-state index in [0.29, 0.717) is 75.7 Å². The lowest BCUT2D eigenvalue weighted by Gasteiger charge is -2.26. The number of amides is 1. The SMILES string of the molecule is NCCOCCOCCNC(=O)Cc1ccc(Nc2nc(NCC3CCCCC3)nc(NC3CCC3)n2)cc1. The molecule has 11 nitrogen and oxygen atoms in total. The zero-order chi connectivity index (χ0) is 27.1. The third-order valence-electron chi connectivity index (χ3n) is 7.12. The van der Waals surface area contributed by atoms with Gasteiger partial charge in [0.15, 0.2) is 0 Å². The van der Waals surface area contributed by atoms with Crippen LogP contribution in [0.2, 0.25) is 0 Å². The molecule has 0 unspecified atom stereocenters. The van der Waals surface area contributed by atoms with Crippen molar-refractivity contribution in [3.63, 3.8) is 0 Å². The zero-order valence-electron chi connectivity index (χ0n) is 22.9. The topological polar surface area (TPSA) is 148 Å². The van der Waals surface area contributed by atoms with Gasteiger partial charge in [-0.15, -0.1) is 0 Å². The van der Waals surface area contributed by atoms with E-state index in [4.69, 9.17) is 15.2 Å². The number of hydrogen-bond acceptors (Lipinski definition) is 10. The van der Waals surface area contributed by atoms with Crippen molar-refractivity contribution in [1.82, 2.24) is 20.3 Å². The Balaban J connectivity index is 1.25. The number of anilines is 4. The molecule has 0 aliphatic heterocycles. The molecule has 0 spiro atoms. The third kappa shape index (κ3) is 10.6. The predicted octanol–water partition coefficient (Wildman–Crippen LogP) is 3.22. The molecule has 0 saturated heterocycles. The molecule has 2 aliphatic rings. The number of ether oxygens (including phenoxy) is 2. The summed E-state index contributed by atoms with van der Waals surface area (Å²) in [5.41, 5.74) is 7.14. The highest BCUT2D eigenvalue weighted by Gasteiger charge is 2.20. The fourth-order valence-electron chi connectivity index (χ4n) is 4.69. The Morgan fingerprint density at radius 3 is 2.28 bits per heavy atom. The monoisotopic (exact) mass is 540 g/mol. The number of hydrogen-bond donors (Lipinski definition) is 5. The summed E-state index contributed by atoms with van der Waals surface area (Å²) in [5, 5.41) is 13.1. The lowest BCUT2D eigenvalue weighted by atomic mass is 9.89. The maximum Gasteiger partial charge on any atom is 0.233 e. The van der Waals surface area contributed by atoms with Gasteiger partial charge in [0.05, 0.1) is 32.8 Å². The van der Waals surface area contributed by atoms with E-state index >= 15 is 0 Å². The second-order valence-electron chi connectivity index (χ2n) is 10.3. The molecule has 2 saturated carbocycles. The van der Waals surface area contributed by atoms with Crippen LogP contribution in [0, 0.1) is 5.92 Å². The van der Waals surface area contributed by atoms with Gasteiger partial charge in [-0.2, -0.15) is 15.0 Å². The maximum atomic E-state index is 12.3. The molecule has 0 bridgehead atoms. The third-order valence-corrected chi connectivity index (χ3v) is 7.12. The molecule has 0 radical (unpaired) electrons. The molecule has 1 amide bonds. The molecule has 39 heavy (non-hydrogen) atoms. The summed E-state index contributed by atoms with van der Waals surface area (Å²) in [6, 6.07) is 8.17.